The van der Waals surface area contributed by atoms with Crippen molar-refractivity contribution in [3.8, 4) is 0 Å². The van der Waals surface area contributed by atoms with Crippen molar-refractivity contribution >= 4 is 5.91 Å². The number of rotatable bonds is 2. The molecule has 0 bridgehead atoms. The molecule has 4 nitrogen and oxygen atoms in total. The zero-order chi connectivity index (χ0) is 11.6. The van der Waals surface area contributed by atoms with E-state index in [0.717, 1.165) is 26.1 Å². The molecule has 0 aromatic heterocycles. The van der Waals surface area contributed by atoms with Crippen LogP contribution in [0.2, 0.25) is 0 Å². The van der Waals surface area contributed by atoms with Gasteiger partial charge in [-0.2, -0.15) is 0 Å². The predicted molar refractivity (Wildman–Crippen MR) is 60.2 cm³/mol. The highest BCUT2D eigenvalue weighted by molar-refractivity contribution is 5.74. The Bertz CT molecular complexity index is 235. The number of amides is 1. The summed E-state index contributed by atoms with van der Waals surface area (Å²) in [7, 11) is 0. The molecule has 0 spiro atoms. The zero-order valence-electron chi connectivity index (χ0n) is 10.1. The van der Waals surface area contributed by atoms with Gasteiger partial charge in [0.2, 0.25) is 5.91 Å². The third-order valence-corrected chi connectivity index (χ3v) is 2.59. The second-order valence-corrected chi connectivity index (χ2v) is 5.58. The van der Waals surface area contributed by atoms with E-state index in [0.29, 0.717) is 5.06 Å². The highest BCUT2D eigenvalue weighted by Gasteiger charge is 2.27. The van der Waals surface area contributed by atoms with E-state index in [2.05, 4.69) is 25.7 Å². The minimum Gasteiger partial charge on any atom is -0.756 e. The average molecular weight is 213 g/mol. The van der Waals surface area contributed by atoms with Crippen molar-refractivity contribution in [1.82, 2.24) is 9.96 Å². The van der Waals surface area contributed by atoms with Gasteiger partial charge in [-0.3, -0.25) is 4.79 Å². The van der Waals surface area contributed by atoms with Crippen molar-refractivity contribution in [2.24, 2.45) is 5.41 Å². The average Bonchev–Trinajstić information content (AvgIpc) is 2.48. The molecule has 1 amide bonds. The Morgan fingerprint density at radius 1 is 1.53 bits per heavy atom. The van der Waals surface area contributed by atoms with Gasteiger partial charge in [-0.25, -0.2) is 0 Å². The molecule has 88 valence electrons. The Labute approximate surface area is 91.8 Å². The van der Waals surface area contributed by atoms with Gasteiger partial charge >= 0.3 is 0 Å². The van der Waals surface area contributed by atoms with E-state index in [9.17, 15) is 10.0 Å². The van der Waals surface area contributed by atoms with Crippen LogP contribution in [0.4, 0.5) is 0 Å². The standard InChI is InChI=1S/C11H21N2O2/c1-9(14)13(15)10-5-6-12(7-10)8-11(2,3)4/h10H,5-8H2,1-4H3/q-1/t10-/m0/s1. The summed E-state index contributed by atoms with van der Waals surface area (Å²) in [5.74, 6) is -0.377. The molecule has 0 saturated carbocycles. The molecule has 0 unspecified atom stereocenters. The maximum atomic E-state index is 11.4. The molecule has 0 aromatic rings. The maximum Gasteiger partial charge on any atom is 0.209 e. The Morgan fingerprint density at radius 2 is 2.13 bits per heavy atom. The Balaban J connectivity index is 2.42. The lowest BCUT2D eigenvalue weighted by Crippen LogP contribution is -2.38. The minimum absolute atomic E-state index is 0.134. The van der Waals surface area contributed by atoms with Crippen LogP contribution in [-0.4, -0.2) is 41.5 Å². The molecule has 1 saturated heterocycles. The third kappa shape index (κ3) is 3.80. The largest absolute Gasteiger partial charge is 0.756 e. The molecular weight excluding hydrogens is 192 g/mol. The molecule has 1 fully saturated rings. The smallest absolute Gasteiger partial charge is 0.209 e. The monoisotopic (exact) mass is 213 g/mol. The predicted octanol–water partition coefficient (Wildman–Crippen LogP) is 1.45. The fourth-order valence-corrected chi connectivity index (χ4v) is 2.08. The van der Waals surface area contributed by atoms with Crippen LogP contribution < -0.4 is 0 Å². The van der Waals surface area contributed by atoms with E-state index in [1.165, 1.54) is 6.92 Å². The molecule has 0 aromatic carbocycles. The summed E-state index contributed by atoms with van der Waals surface area (Å²) in [4.78, 5) is 13.2. The molecule has 0 radical (unpaired) electrons. The SMILES string of the molecule is CC(=O)N([O-])[C@H]1CCN(CC(C)(C)C)C1. The lowest BCUT2D eigenvalue weighted by molar-refractivity contribution is -0.127. The number of hydrogen-bond donors (Lipinski definition) is 0. The summed E-state index contributed by atoms with van der Waals surface area (Å²) >= 11 is 0. The van der Waals surface area contributed by atoms with Crippen molar-refractivity contribution in [3.05, 3.63) is 5.21 Å². The van der Waals surface area contributed by atoms with Crippen LogP contribution >= 0.6 is 0 Å². The fourth-order valence-electron chi connectivity index (χ4n) is 2.08. The van der Waals surface area contributed by atoms with Crippen LogP contribution in [0.3, 0.4) is 0 Å². The van der Waals surface area contributed by atoms with Crippen LogP contribution in [0.25, 0.3) is 0 Å². The van der Waals surface area contributed by atoms with Crippen LogP contribution in [0.1, 0.15) is 34.1 Å². The van der Waals surface area contributed by atoms with Crippen molar-refractivity contribution in [3.63, 3.8) is 0 Å². The highest BCUT2D eigenvalue weighted by atomic mass is 16.5. The van der Waals surface area contributed by atoms with E-state index in [-0.39, 0.29) is 17.4 Å². The van der Waals surface area contributed by atoms with Gasteiger partial charge in [0.05, 0.1) is 0 Å². The van der Waals surface area contributed by atoms with Crippen molar-refractivity contribution < 1.29 is 4.79 Å². The van der Waals surface area contributed by atoms with Crippen LogP contribution in [0.5, 0.6) is 0 Å². The molecule has 0 N–H and O–H groups in total. The summed E-state index contributed by atoms with van der Waals surface area (Å²) in [6, 6.07) is -0.134. The van der Waals surface area contributed by atoms with Gasteiger partial charge in [0.1, 0.15) is 0 Å². The number of hydroxylamine groups is 2. The summed E-state index contributed by atoms with van der Waals surface area (Å²) in [5.41, 5.74) is 0.249. The maximum absolute atomic E-state index is 11.4. The molecule has 1 heterocycles. The molecular formula is C11H21N2O2-. The summed E-state index contributed by atoms with van der Waals surface area (Å²) in [5, 5.41) is 12.0. The summed E-state index contributed by atoms with van der Waals surface area (Å²) in [6.45, 7) is 10.5. The van der Waals surface area contributed by atoms with Gasteiger partial charge < -0.3 is 15.2 Å². The van der Waals surface area contributed by atoms with Gasteiger partial charge in [0.25, 0.3) is 0 Å². The van der Waals surface area contributed by atoms with Crippen molar-refractivity contribution in [2.75, 3.05) is 19.6 Å². The first kappa shape index (κ1) is 12.5. The van der Waals surface area contributed by atoms with E-state index in [1.54, 1.807) is 0 Å². The number of likely N-dealkylation sites (tertiary alicyclic amines) is 1. The Morgan fingerprint density at radius 3 is 2.60 bits per heavy atom. The zero-order valence-corrected chi connectivity index (χ0v) is 10.1. The first-order valence-corrected chi connectivity index (χ1v) is 5.49. The number of nitrogens with zero attached hydrogens (tertiary/aromatic N) is 2. The number of carbonyl (C=O) groups excluding carboxylic acids is 1. The van der Waals surface area contributed by atoms with Gasteiger partial charge in [-0.1, -0.05) is 20.8 Å². The van der Waals surface area contributed by atoms with Gasteiger partial charge in [0.15, 0.2) is 0 Å². The topological polar surface area (TPSA) is 46.6 Å². The van der Waals surface area contributed by atoms with Gasteiger partial charge in [-0.15, -0.1) is 0 Å². The molecule has 15 heavy (non-hydrogen) atoms. The lowest BCUT2D eigenvalue weighted by atomic mass is 9.96. The first-order valence-electron chi connectivity index (χ1n) is 5.49. The van der Waals surface area contributed by atoms with Crippen LogP contribution in [0, 0.1) is 10.6 Å². The summed E-state index contributed by atoms with van der Waals surface area (Å²) in [6.07, 6.45) is 0.805. The molecule has 4 heteroatoms. The van der Waals surface area contributed by atoms with E-state index >= 15 is 0 Å². The molecule has 1 rings (SSSR count). The van der Waals surface area contributed by atoms with Crippen LogP contribution in [-0.2, 0) is 4.79 Å². The van der Waals surface area contributed by atoms with Crippen LogP contribution in [0.15, 0.2) is 0 Å². The third-order valence-electron chi connectivity index (χ3n) is 2.59. The molecule has 1 aliphatic heterocycles. The molecule has 1 aliphatic rings. The fraction of sp³-hybridized carbons (Fsp3) is 0.909. The van der Waals surface area contributed by atoms with Crippen molar-refractivity contribution in [2.45, 2.75) is 40.2 Å². The second kappa shape index (κ2) is 4.49. The van der Waals surface area contributed by atoms with Gasteiger partial charge in [0, 0.05) is 32.6 Å². The van der Waals surface area contributed by atoms with E-state index in [1.807, 2.05) is 0 Å². The number of carbonyl (C=O) groups is 1. The van der Waals surface area contributed by atoms with E-state index < -0.39 is 0 Å². The molecule has 1 atom stereocenters. The summed E-state index contributed by atoms with van der Waals surface area (Å²) < 4.78 is 0. The van der Waals surface area contributed by atoms with E-state index in [4.69, 9.17) is 0 Å². The quantitative estimate of drug-likeness (QED) is 0.652. The van der Waals surface area contributed by atoms with Crippen molar-refractivity contribution in [1.29, 1.82) is 0 Å². The Kier molecular flexibility index (Phi) is 3.73. The second-order valence-electron chi connectivity index (χ2n) is 5.58. The Hall–Kier alpha value is -0.610. The molecule has 0 aliphatic carbocycles. The first-order chi connectivity index (χ1) is 6.79. The highest BCUT2D eigenvalue weighted by Crippen LogP contribution is 2.21. The number of hydrogen-bond acceptors (Lipinski definition) is 3. The minimum atomic E-state index is -0.377. The normalized spacial score (nSPS) is 23.1. The van der Waals surface area contributed by atoms with Gasteiger partial charge in [-0.05, 0) is 11.8 Å². The lowest BCUT2D eigenvalue weighted by Gasteiger charge is -2.34.